The normalized spacial score (nSPS) is 9.69. The van der Waals surface area contributed by atoms with Gasteiger partial charge in [-0.05, 0) is 18.2 Å². The molecule has 0 bridgehead atoms. The predicted molar refractivity (Wildman–Crippen MR) is 62.1 cm³/mol. The second-order valence-electron chi connectivity index (χ2n) is 2.87. The average molecular weight is 262 g/mol. The van der Waals surface area contributed by atoms with Crippen molar-refractivity contribution in [1.29, 1.82) is 0 Å². The number of hydrogen-bond acceptors (Lipinski definition) is 3. The van der Waals surface area contributed by atoms with E-state index < -0.39 is 5.97 Å². The smallest absolute Gasteiger partial charge is 0.339 e. The molecule has 0 spiro atoms. The van der Waals surface area contributed by atoms with Crippen LogP contribution in [0.4, 0.5) is 5.69 Å². The van der Waals surface area contributed by atoms with Gasteiger partial charge in [0, 0.05) is 5.69 Å². The van der Waals surface area contributed by atoms with Gasteiger partial charge in [-0.1, -0.05) is 11.6 Å². The van der Waals surface area contributed by atoms with Gasteiger partial charge in [-0.15, -0.1) is 11.6 Å². The molecule has 0 aliphatic carbocycles. The Bertz CT molecular complexity index is 421. The van der Waals surface area contributed by atoms with E-state index >= 15 is 0 Å². The molecule has 0 aliphatic heterocycles. The zero-order valence-electron chi connectivity index (χ0n) is 8.42. The fraction of sp³-hybridized carbons (Fsp3) is 0.200. The highest BCUT2D eigenvalue weighted by Gasteiger charge is 2.11. The molecule has 0 unspecified atom stereocenters. The van der Waals surface area contributed by atoms with Crippen molar-refractivity contribution in [3.8, 4) is 0 Å². The van der Waals surface area contributed by atoms with Gasteiger partial charge in [0.2, 0.25) is 5.91 Å². The number of ether oxygens (including phenoxy) is 1. The van der Waals surface area contributed by atoms with Gasteiger partial charge >= 0.3 is 5.97 Å². The van der Waals surface area contributed by atoms with Gasteiger partial charge in [-0.3, -0.25) is 4.79 Å². The summed E-state index contributed by atoms with van der Waals surface area (Å²) in [4.78, 5) is 22.2. The van der Waals surface area contributed by atoms with Gasteiger partial charge in [0.1, 0.15) is 5.88 Å². The lowest BCUT2D eigenvalue weighted by Gasteiger charge is -2.06. The topological polar surface area (TPSA) is 55.4 Å². The van der Waals surface area contributed by atoms with Crippen molar-refractivity contribution in [2.75, 3.05) is 18.3 Å². The molecule has 1 aromatic carbocycles. The fourth-order valence-corrected chi connectivity index (χ4v) is 1.39. The molecule has 0 fully saturated rings. The van der Waals surface area contributed by atoms with E-state index in [-0.39, 0.29) is 22.4 Å². The van der Waals surface area contributed by atoms with Crippen LogP contribution in [-0.2, 0) is 9.53 Å². The van der Waals surface area contributed by atoms with Gasteiger partial charge in [0.15, 0.2) is 0 Å². The molecule has 1 rings (SSSR count). The third-order valence-electron chi connectivity index (χ3n) is 1.78. The highest BCUT2D eigenvalue weighted by atomic mass is 35.5. The average Bonchev–Trinajstić information content (AvgIpc) is 2.28. The van der Waals surface area contributed by atoms with Gasteiger partial charge < -0.3 is 10.1 Å². The van der Waals surface area contributed by atoms with Crippen molar-refractivity contribution in [3.63, 3.8) is 0 Å². The largest absolute Gasteiger partial charge is 0.465 e. The number of esters is 1. The molecule has 1 amide bonds. The number of carbonyl (C=O) groups excluding carboxylic acids is 2. The van der Waals surface area contributed by atoms with Crippen LogP contribution in [0, 0.1) is 0 Å². The number of rotatable bonds is 3. The zero-order chi connectivity index (χ0) is 12.1. The number of anilines is 1. The van der Waals surface area contributed by atoms with E-state index in [2.05, 4.69) is 10.1 Å². The highest BCUT2D eigenvalue weighted by Crippen LogP contribution is 2.21. The molecule has 0 aromatic heterocycles. The first-order chi connectivity index (χ1) is 7.58. The molecule has 4 nitrogen and oxygen atoms in total. The van der Waals surface area contributed by atoms with E-state index in [1.165, 1.54) is 19.2 Å². The molecule has 6 heteroatoms. The van der Waals surface area contributed by atoms with Crippen LogP contribution in [-0.4, -0.2) is 24.9 Å². The van der Waals surface area contributed by atoms with Crippen molar-refractivity contribution in [1.82, 2.24) is 0 Å². The van der Waals surface area contributed by atoms with Gasteiger partial charge in [0.25, 0.3) is 0 Å². The number of hydrogen-bond donors (Lipinski definition) is 1. The molecular formula is C10H9Cl2NO3. The summed E-state index contributed by atoms with van der Waals surface area (Å²) in [5.74, 6) is -1.01. The molecule has 86 valence electrons. The van der Waals surface area contributed by atoms with Crippen LogP contribution < -0.4 is 5.32 Å². The predicted octanol–water partition coefficient (Wildman–Crippen LogP) is 2.30. The summed E-state index contributed by atoms with van der Waals surface area (Å²) in [6.45, 7) is 0. The van der Waals surface area contributed by atoms with Crippen LogP contribution in [0.25, 0.3) is 0 Å². The standard InChI is InChI=1S/C10H9Cl2NO3/c1-16-10(15)7-3-2-6(4-8(7)12)13-9(14)5-11/h2-4H,5H2,1H3,(H,13,14). The fourth-order valence-electron chi connectivity index (χ4n) is 1.06. The Balaban J connectivity index is 2.91. The van der Waals surface area contributed by atoms with Gasteiger partial charge in [-0.25, -0.2) is 4.79 Å². The maximum atomic E-state index is 11.2. The molecule has 0 saturated heterocycles. The number of benzene rings is 1. The summed E-state index contributed by atoms with van der Waals surface area (Å²) >= 11 is 11.2. The number of carbonyl (C=O) groups is 2. The van der Waals surface area contributed by atoms with Crippen LogP contribution in [0.3, 0.4) is 0 Å². The van der Waals surface area contributed by atoms with Crippen LogP contribution >= 0.6 is 23.2 Å². The number of halogens is 2. The second kappa shape index (κ2) is 5.72. The Morgan fingerprint density at radius 2 is 2.12 bits per heavy atom. The lowest BCUT2D eigenvalue weighted by molar-refractivity contribution is -0.113. The second-order valence-corrected chi connectivity index (χ2v) is 3.54. The third-order valence-corrected chi connectivity index (χ3v) is 2.33. The lowest BCUT2D eigenvalue weighted by atomic mass is 10.2. The van der Waals surface area contributed by atoms with Crippen molar-refractivity contribution >= 4 is 40.8 Å². The first kappa shape index (κ1) is 12.8. The van der Waals surface area contributed by atoms with Crippen LogP contribution in [0.1, 0.15) is 10.4 Å². The Morgan fingerprint density at radius 3 is 2.62 bits per heavy atom. The van der Waals surface area contributed by atoms with E-state index in [1.807, 2.05) is 0 Å². The van der Waals surface area contributed by atoms with Crippen LogP contribution in [0.2, 0.25) is 5.02 Å². The minimum Gasteiger partial charge on any atom is -0.465 e. The number of nitrogens with one attached hydrogen (secondary N) is 1. The Hall–Kier alpha value is -1.26. The maximum Gasteiger partial charge on any atom is 0.339 e. The summed E-state index contributed by atoms with van der Waals surface area (Å²) < 4.78 is 4.53. The number of amides is 1. The van der Waals surface area contributed by atoms with Crippen molar-refractivity contribution in [3.05, 3.63) is 28.8 Å². The van der Waals surface area contributed by atoms with E-state index in [9.17, 15) is 9.59 Å². The molecule has 16 heavy (non-hydrogen) atoms. The molecule has 0 aliphatic rings. The molecule has 0 heterocycles. The zero-order valence-corrected chi connectivity index (χ0v) is 9.93. The summed E-state index contributed by atoms with van der Waals surface area (Å²) in [6.07, 6.45) is 0. The van der Waals surface area contributed by atoms with E-state index in [4.69, 9.17) is 23.2 Å². The first-order valence-corrected chi connectivity index (χ1v) is 5.23. The minimum atomic E-state index is -0.528. The maximum absolute atomic E-state index is 11.2. The van der Waals surface area contributed by atoms with Crippen LogP contribution in [0.15, 0.2) is 18.2 Å². The van der Waals surface area contributed by atoms with E-state index in [0.29, 0.717) is 5.69 Å². The Morgan fingerprint density at radius 1 is 1.44 bits per heavy atom. The number of alkyl halides is 1. The molecule has 0 atom stereocenters. The highest BCUT2D eigenvalue weighted by molar-refractivity contribution is 6.34. The van der Waals surface area contributed by atoms with Crippen LogP contribution in [0.5, 0.6) is 0 Å². The van der Waals surface area contributed by atoms with Crippen molar-refractivity contribution in [2.45, 2.75) is 0 Å². The molecule has 1 aromatic rings. The molecule has 1 N–H and O–H groups in total. The first-order valence-electron chi connectivity index (χ1n) is 4.32. The molecule has 0 radical (unpaired) electrons. The number of methoxy groups -OCH3 is 1. The third kappa shape index (κ3) is 3.12. The minimum absolute atomic E-state index is 0.142. The van der Waals surface area contributed by atoms with E-state index in [0.717, 1.165) is 0 Å². The summed E-state index contributed by atoms with van der Waals surface area (Å²) in [6, 6.07) is 4.47. The van der Waals surface area contributed by atoms with E-state index in [1.54, 1.807) is 6.07 Å². The Kier molecular flexibility index (Phi) is 4.58. The molecular weight excluding hydrogens is 253 g/mol. The quantitative estimate of drug-likeness (QED) is 0.671. The lowest BCUT2D eigenvalue weighted by Crippen LogP contribution is -2.12. The van der Waals surface area contributed by atoms with Gasteiger partial charge in [0.05, 0.1) is 17.7 Å². The SMILES string of the molecule is COC(=O)c1ccc(NC(=O)CCl)cc1Cl. The summed E-state index contributed by atoms with van der Waals surface area (Å²) in [5, 5.41) is 2.72. The monoisotopic (exact) mass is 261 g/mol. The van der Waals surface area contributed by atoms with Crippen molar-refractivity contribution < 1.29 is 14.3 Å². The Labute approximate surface area is 102 Å². The van der Waals surface area contributed by atoms with Gasteiger partial charge in [-0.2, -0.15) is 0 Å². The summed E-state index contributed by atoms with van der Waals surface area (Å²) in [7, 11) is 1.27. The summed E-state index contributed by atoms with van der Waals surface area (Å²) in [5.41, 5.74) is 0.719. The molecule has 0 saturated carbocycles. The van der Waals surface area contributed by atoms with Crippen molar-refractivity contribution in [2.24, 2.45) is 0 Å².